The number of benzene rings is 2. The lowest BCUT2D eigenvalue weighted by Gasteiger charge is -2.25. The summed E-state index contributed by atoms with van der Waals surface area (Å²) in [5, 5.41) is 2.99. The number of anilines is 1. The predicted octanol–water partition coefficient (Wildman–Crippen LogP) is 2.21. The van der Waals surface area contributed by atoms with Crippen molar-refractivity contribution in [2.24, 2.45) is 0 Å². The molecule has 0 saturated heterocycles. The largest absolute Gasteiger partial charge is 0.357 e. The second-order valence-corrected chi connectivity index (χ2v) is 7.47. The second-order valence-electron chi connectivity index (χ2n) is 5.22. The van der Waals surface area contributed by atoms with E-state index in [1.54, 1.807) is 12.1 Å². The summed E-state index contributed by atoms with van der Waals surface area (Å²) >= 11 is 5.83. The number of amides is 1. The summed E-state index contributed by atoms with van der Waals surface area (Å²) in [5.74, 6) is -0.335. The van der Waals surface area contributed by atoms with E-state index >= 15 is 0 Å². The predicted molar refractivity (Wildman–Crippen MR) is 89.1 cm³/mol. The number of carbonyl (C=O) groups is 1. The van der Waals surface area contributed by atoms with E-state index in [1.807, 2.05) is 12.1 Å². The van der Waals surface area contributed by atoms with E-state index in [1.165, 1.54) is 35.6 Å². The first-order valence-corrected chi connectivity index (χ1v) is 8.86. The van der Waals surface area contributed by atoms with Gasteiger partial charge in [-0.25, -0.2) is 8.42 Å². The highest BCUT2D eigenvalue weighted by Crippen LogP contribution is 2.36. The summed E-state index contributed by atoms with van der Waals surface area (Å²) in [7, 11) is -2.36. The fourth-order valence-corrected chi connectivity index (χ4v) is 4.52. The molecule has 1 heterocycles. The van der Waals surface area contributed by atoms with Gasteiger partial charge in [-0.2, -0.15) is 0 Å². The first-order valence-electron chi connectivity index (χ1n) is 7.04. The average Bonchev–Trinajstić information content (AvgIpc) is 2.94. The standard InChI is InChI=1S/C16H15ClN2O3S/c1-18-16(20)15-10-11-4-2-3-5-14(11)19(15)23(21,22)13-8-6-12(17)7-9-13/h2-9,15H,10H2,1H3,(H,18,20). The molecule has 2 aromatic rings. The number of halogens is 1. The van der Waals surface area contributed by atoms with Gasteiger partial charge in [0.1, 0.15) is 6.04 Å². The van der Waals surface area contributed by atoms with Gasteiger partial charge in [0.25, 0.3) is 10.0 Å². The van der Waals surface area contributed by atoms with Crippen molar-refractivity contribution in [1.82, 2.24) is 5.32 Å². The van der Waals surface area contributed by atoms with Crippen LogP contribution in [0.5, 0.6) is 0 Å². The maximum Gasteiger partial charge on any atom is 0.265 e. The molecule has 3 rings (SSSR count). The SMILES string of the molecule is CNC(=O)C1Cc2ccccc2N1S(=O)(=O)c1ccc(Cl)cc1. The van der Waals surface area contributed by atoms with Crippen molar-refractivity contribution in [1.29, 1.82) is 0 Å². The van der Waals surface area contributed by atoms with Gasteiger partial charge in [-0.1, -0.05) is 29.8 Å². The van der Waals surface area contributed by atoms with Crippen molar-refractivity contribution in [3.63, 3.8) is 0 Å². The molecule has 0 fully saturated rings. The van der Waals surface area contributed by atoms with Crippen LogP contribution < -0.4 is 9.62 Å². The summed E-state index contributed by atoms with van der Waals surface area (Å²) in [6.07, 6.45) is 0.350. The van der Waals surface area contributed by atoms with Gasteiger partial charge in [-0.05, 0) is 35.9 Å². The Morgan fingerprint density at radius 3 is 2.48 bits per heavy atom. The molecule has 1 unspecified atom stereocenters. The minimum Gasteiger partial charge on any atom is -0.357 e. The van der Waals surface area contributed by atoms with Crippen LogP contribution in [0.4, 0.5) is 5.69 Å². The van der Waals surface area contributed by atoms with Crippen molar-refractivity contribution < 1.29 is 13.2 Å². The van der Waals surface area contributed by atoms with Crippen LogP contribution in [0.3, 0.4) is 0 Å². The lowest BCUT2D eigenvalue weighted by molar-refractivity contribution is -0.121. The van der Waals surface area contributed by atoms with Gasteiger partial charge in [0, 0.05) is 18.5 Å². The molecule has 1 atom stereocenters. The zero-order chi connectivity index (χ0) is 16.6. The summed E-state index contributed by atoms with van der Waals surface area (Å²) < 4.78 is 27.3. The quantitative estimate of drug-likeness (QED) is 0.922. The molecule has 1 aliphatic rings. The highest BCUT2D eigenvalue weighted by atomic mass is 35.5. The van der Waals surface area contributed by atoms with Crippen LogP contribution in [0.1, 0.15) is 5.56 Å². The first-order chi connectivity index (χ1) is 10.9. The normalized spacial score (nSPS) is 17.0. The summed E-state index contributed by atoms with van der Waals surface area (Å²) in [4.78, 5) is 12.3. The minimum atomic E-state index is -3.86. The number of hydrogen-bond donors (Lipinski definition) is 1. The van der Waals surface area contributed by atoms with Crippen molar-refractivity contribution >= 4 is 33.2 Å². The third-order valence-corrected chi connectivity index (χ3v) is 5.93. The van der Waals surface area contributed by atoms with E-state index < -0.39 is 16.1 Å². The number of rotatable bonds is 3. The molecule has 2 aromatic carbocycles. The smallest absolute Gasteiger partial charge is 0.265 e. The highest BCUT2D eigenvalue weighted by Gasteiger charge is 2.41. The van der Waals surface area contributed by atoms with Crippen molar-refractivity contribution in [3.05, 3.63) is 59.1 Å². The Morgan fingerprint density at radius 1 is 1.17 bits per heavy atom. The van der Waals surface area contributed by atoms with Gasteiger partial charge in [0.2, 0.25) is 5.91 Å². The summed E-state index contributed by atoms with van der Waals surface area (Å²) in [6.45, 7) is 0. The number of para-hydroxylation sites is 1. The molecule has 0 saturated carbocycles. The molecule has 5 nitrogen and oxygen atoms in total. The van der Waals surface area contributed by atoms with Gasteiger partial charge in [-0.3, -0.25) is 9.10 Å². The molecule has 1 amide bonds. The molecule has 120 valence electrons. The van der Waals surface area contributed by atoms with Crippen LogP contribution in [-0.2, 0) is 21.2 Å². The molecular formula is C16H15ClN2O3S. The zero-order valence-electron chi connectivity index (χ0n) is 12.4. The number of hydrogen-bond acceptors (Lipinski definition) is 3. The van der Waals surface area contributed by atoms with Gasteiger partial charge >= 0.3 is 0 Å². The molecule has 0 bridgehead atoms. The van der Waals surface area contributed by atoms with E-state index in [9.17, 15) is 13.2 Å². The first kappa shape index (κ1) is 15.8. The second kappa shape index (κ2) is 5.86. The molecule has 0 aromatic heterocycles. The molecule has 0 aliphatic carbocycles. The van der Waals surface area contributed by atoms with Crippen molar-refractivity contribution in [3.8, 4) is 0 Å². The number of carbonyl (C=O) groups excluding carboxylic acids is 1. The van der Waals surface area contributed by atoms with Crippen LogP contribution in [0.2, 0.25) is 5.02 Å². The van der Waals surface area contributed by atoms with E-state index in [2.05, 4.69) is 5.32 Å². The molecular weight excluding hydrogens is 336 g/mol. The fraction of sp³-hybridized carbons (Fsp3) is 0.188. The van der Waals surface area contributed by atoms with Gasteiger partial charge in [0.05, 0.1) is 10.6 Å². The third-order valence-electron chi connectivity index (χ3n) is 3.84. The topological polar surface area (TPSA) is 66.5 Å². The molecule has 23 heavy (non-hydrogen) atoms. The van der Waals surface area contributed by atoms with Crippen molar-refractivity contribution in [2.45, 2.75) is 17.4 Å². The lowest BCUT2D eigenvalue weighted by atomic mass is 10.1. The van der Waals surface area contributed by atoms with Gasteiger partial charge in [0.15, 0.2) is 0 Å². The molecule has 7 heteroatoms. The number of likely N-dealkylation sites (N-methyl/N-ethyl adjacent to an activating group) is 1. The summed E-state index contributed by atoms with van der Waals surface area (Å²) in [5.41, 5.74) is 1.37. The Balaban J connectivity index is 2.13. The van der Waals surface area contributed by atoms with Crippen LogP contribution in [0.15, 0.2) is 53.4 Å². The monoisotopic (exact) mass is 350 g/mol. The number of fused-ring (bicyclic) bond motifs is 1. The Hall–Kier alpha value is -2.05. The third kappa shape index (κ3) is 2.68. The number of nitrogens with zero attached hydrogens (tertiary/aromatic N) is 1. The molecule has 0 radical (unpaired) electrons. The van der Waals surface area contributed by atoms with E-state index in [-0.39, 0.29) is 10.8 Å². The average molecular weight is 351 g/mol. The Bertz CT molecular complexity index is 850. The van der Waals surface area contributed by atoms with Crippen LogP contribution in [-0.4, -0.2) is 27.4 Å². The molecule has 1 aliphatic heterocycles. The van der Waals surface area contributed by atoms with E-state index in [0.717, 1.165) is 5.56 Å². The Morgan fingerprint density at radius 2 is 1.83 bits per heavy atom. The molecule has 0 spiro atoms. The Kier molecular flexibility index (Phi) is 4.04. The maximum atomic E-state index is 13.0. The van der Waals surface area contributed by atoms with Crippen LogP contribution in [0, 0.1) is 0 Å². The highest BCUT2D eigenvalue weighted by molar-refractivity contribution is 7.93. The van der Waals surface area contributed by atoms with Crippen molar-refractivity contribution in [2.75, 3.05) is 11.4 Å². The van der Waals surface area contributed by atoms with Gasteiger partial charge < -0.3 is 5.32 Å². The minimum absolute atomic E-state index is 0.104. The number of sulfonamides is 1. The zero-order valence-corrected chi connectivity index (χ0v) is 13.9. The Labute approximate surface area is 139 Å². The lowest BCUT2D eigenvalue weighted by Crippen LogP contribution is -2.47. The van der Waals surface area contributed by atoms with Crippen LogP contribution >= 0.6 is 11.6 Å². The summed E-state index contributed by atoms with van der Waals surface area (Å²) in [6, 6.07) is 12.3. The molecule has 1 N–H and O–H groups in total. The van der Waals surface area contributed by atoms with Crippen LogP contribution in [0.25, 0.3) is 0 Å². The van der Waals surface area contributed by atoms with E-state index in [0.29, 0.717) is 17.1 Å². The van der Waals surface area contributed by atoms with E-state index in [4.69, 9.17) is 11.6 Å². The number of nitrogens with one attached hydrogen (secondary N) is 1. The fourth-order valence-electron chi connectivity index (χ4n) is 2.74. The maximum absolute atomic E-state index is 13.0. The van der Waals surface area contributed by atoms with Gasteiger partial charge in [-0.15, -0.1) is 0 Å².